The average Bonchev–Trinajstić information content (AvgIpc) is 3.13. The second-order valence-electron chi connectivity index (χ2n) is 5.73. The van der Waals surface area contributed by atoms with Gasteiger partial charge in [-0.3, -0.25) is 15.6 Å². The van der Waals surface area contributed by atoms with Crippen molar-refractivity contribution in [3.05, 3.63) is 64.2 Å². The lowest BCUT2D eigenvalue weighted by Crippen LogP contribution is -2.23. The lowest BCUT2D eigenvalue weighted by atomic mass is 9.97. The van der Waals surface area contributed by atoms with Crippen molar-refractivity contribution in [2.75, 3.05) is 20.2 Å². The minimum atomic E-state index is -0.137. The Morgan fingerprint density at radius 3 is 2.75 bits per heavy atom. The van der Waals surface area contributed by atoms with Gasteiger partial charge in [0.15, 0.2) is 0 Å². The molecule has 0 radical (unpaired) electrons. The Kier molecular flexibility index (Phi) is 5.35. The van der Waals surface area contributed by atoms with Crippen LogP contribution in [0.3, 0.4) is 0 Å². The van der Waals surface area contributed by atoms with Crippen LogP contribution in [0.15, 0.2) is 42.5 Å². The molecule has 2 aromatic rings. The van der Waals surface area contributed by atoms with Crippen LogP contribution in [0.5, 0.6) is 5.75 Å². The summed E-state index contributed by atoms with van der Waals surface area (Å²) >= 11 is 5.96. The summed E-state index contributed by atoms with van der Waals surface area (Å²) in [5.41, 5.74) is 8.85. The second-order valence-corrected chi connectivity index (χ2v) is 6.16. The Labute approximate surface area is 146 Å². The number of hydrazine groups is 1. The summed E-state index contributed by atoms with van der Waals surface area (Å²) in [5.74, 6) is 0.937. The van der Waals surface area contributed by atoms with Crippen LogP contribution in [0.25, 0.3) is 0 Å². The maximum atomic E-state index is 12.4. The highest BCUT2D eigenvalue weighted by Crippen LogP contribution is 2.28. The molecule has 0 aromatic heterocycles. The van der Waals surface area contributed by atoms with Gasteiger partial charge in [-0.05, 0) is 35.4 Å². The van der Waals surface area contributed by atoms with E-state index in [9.17, 15) is 4.79 Å². The van der Waals surface area contributed by atoms with Gasteiger partial charge >= 0.3 is 0 Å². The molecule has 24 heavy (non-hydrogen) atoms. The van der Waals surface area contributed by atoms with E-state index in [0.29, 0.717) is 23.0 Å². The summed E-state index contributed by atoms with van der Waals surface area (Å²) in [7, 11) is 1.63. The number of rotatable bonds is 5. The molecule has 1 heterocycles. The molecule has 0 unspecified atom stereocenters. The molecule has 0 bridgehead atoms. The largest absolute Gasteiger partial charge is 0.496 e. The van der Waals surface area contributed by atoms with E-state index in [-0.39, 0.29) is 5.91 Å². The molecule has 2 aromatic carbocycles. The zero-order valence-corrected chi connectivity index (χ0v) is 14.2. The highest BCUT2D eigenvalue weighted by atomic mass is 35.5. The van der Waals surface area contributed by atoms with Gasteiger partial charge in [-0.15, -0.1) is 0 Å². The number of methoxy groups -OCH3 is 1. The summed E-state index contributed by atoms with van der Waals surface area (Å²) in [4.78, 5) is 12.4. The number of carbonyl (C=O) groups excluding carboxylic acids is 1. The number of halogens is 1. The van der Waals surface area contributed by atoms with Gasteiger partial charge in [-0.2, -0.15) is 0 Å². The molecule has 1 saturated heterocycles. The van der Waals surface area contributed by atoms with E-state index >= 15 is 0 Å². The van der Waals surface area contributed by atoms with Crippen molar-refractivity contribution in [3.8, 4) is 5.75 Å². The van der Waals surface area contributed by atoms with Gasteiger partial charge in [0.1, 0.15) is 5.75 Å². The van der Waals surface area contributed by atoms with Crippen molar-refractivity contribution in [3.63, 3.8) is 0 Å². The molecule has 0 spiro atoms. The summed E-state index contributed by atoms with van der Waals surface area (Å²) in [6.45, 7) is 2.12. The van der Waals surface area contributed by atoms with E-state index in [1.165, 1.54) is 0 Å². The first-order chi connectivity index (χ1) is 11.7. The number of benzene rings is 2. The fourth-order valence-electron chi connectivity index (χ4n) is 2.80. The first kappa shape index (κ1) is 16.8. The Balaban J connectivity index is 1.70. The van der Waals surface area contributed by atoms with Crippen molar-refractivity contribution in [1.29, 1.82) is 0 Å². The molecule has 0 atom stereocenters. The van der Waals surface area contributed by atoms with Crippen molar-refractivity contribution in [2.45, 2.75) is 12.5 Å². The third-order valence-electron chi connectivity index (χ3n) is 4.10. The highest BCUT2D eigenvalue weighted by molar-refractivity contribution is 6.30. The molecule has 1 fully saturated rings. The summed E-state index contributed by atoms with van der Waals surface area (Å²) < 4.78 is 5.47. The highest BCUT2D eigenvalue weighted by Gasteiger charge is 2.21. The fraction of sp³-hybridized carbons (Fsp3) is 0.278. The Morgan fingerprint density at radius 1 is 1.25 bits per heavy atom. The van der Waals surface area contributed by atoms with Gasteiger partial charge in [0.05, 0.1) is 7.11 Å². The van der Waals surface area contributed by atoms with E-state index in [1.54, 1.807) is 13.2 Å². The van der Waals surface area contributed by atoms with Crippen LogP contribution in [0.4, 0.5) is 0 Å². The third kappa shape index (κ3) is 3.87. The maximum absolute atomic E-state index is 12.4. The van der Waals surface area contributed by atoms with Crippen molar-refractivity contribution < 1.29 is 9.53 Å². The van der Waals surface area contributed by atoms with Crippen LogP contribution in [0.1, 0.15) is 27.4 Å². The van der Waals surface area contributed by atoms with Crippen LogP contribution in [-0.2, 0) is 6.54 Å². The lowest BCUT2D eigenvalue weighted by Gasteiger charge is -2.15. The summed E-state index contributed by atoms with van der Waals surface area (Å²) in [6.07, 6.45) is 0. The Bertz CT molecular complexity index is 730. The zero-order valence-electron chi connectivity index (χ0n) is 13.4. The first-order valence-electron chi connectivity index (χ1n) is 7.83. The molecule has 126 valence electrons. The average molecular weight is 346 g/mol. The van der Waals surface area contributed by atoms with Crippen LogP contribution in [-0.4, -0.2) is 26.1 Å². The number of ether oxygens (including phenoxy) is 1. The van der Waals surface area contributed by atoms with E-state index in [4.69, 9.17) is 16.3 Å². The molecule has 3 N–H and O–H groups in total. The van der Waals surface area contributed by atoms with Crippen LogP contribution >= 0.6 is 11.6 Å². The van der Waals surface area contributed by atoms with E-state index < -0.39 is 0 Å². The standard InChI is InChI=1S/C18H20ClN3O2/c1-24-17-8-13(5-6-16(17)14-10-21-22-11-14)18(23)20-9-12-3-2-4-15(19)7-12/h2-8,14,21-22H,9-11H2,1H3,(H,20,23). The van der Waals surface area contributed by atoms with E-state index in [1.807, 2.05) is 36.4 Å². The zero-order chi connectivity index (χ0) is 16.9. The monoisotopic (exact) mass is 345 g/mol. The smallest absolute Gasteiger partial charge is 0.251 e. The Morgan fingerprint density at radius 2 is 2.04 bits per heavy atom. The van der Waals surface area contributed by atoms with Gasteiger partial charge in [0.2, 0.25) is 0 Å². The molecule has 0 saturated carbocycles. The van der Waals surface area contributed by atoms with E-state index in [2.05, 4.69) is 16.2 Å². The normalized spacial score (nSPS) is 14.6. The first-order valence-corrected chi connectivity index (χ1v) is 8.21. The number of hydrogen-bond acceptors (Lipinski definition) is 4. The Hall–Kier alpha value is -2.08. The topological polar surface area (TPSA) is 62.4 Å². The van der Waals surface area contributed by atoms with Gasteiger partial charge in [0.25, 0.3) is 5.91 Å². The third-order valence-corrected chi connectivity index (χ3v) is 4.33. The van der Waals surface area contributed by atoms with Crippen molar-refractivity contribution >= 4 is 17.5 Å². The van der Waals surface area contributed by atoms with Crippen LogP contribution in [0.2, 0.25) is 5.02 Å². The molecule has 6 heteroatoms. The lowest BCUT2D eigenvalue weighted by molar-refractivity contribution is 0.0950. The van der Waals surface area contributed by atoms with Crippen LogP contribution in [0, 0.1) is 0 Å². The molecule has 3 rings (SSSR count). The van der Waals surface area contributed by atoms with Gasteiger partial charge in [0, 0.05) is 36.1 Å². The van der Waals surface area contributed by atoms with Crippen molar-refractivity contribution in [1.82, 2.24) is 16.2 Å². The quantitative estimate of drug-likeness (QED) is 0.779. The predicted octanol–water partition coefficient (Wildman–Crippen LogP) is 2.47. The summed E-state index contributed by atoms with van der Waals surface area (Å²) in [6, 6.07) is 13.0. The summed E-state index contributed by atoms with van der Waals surface area (Å²) in [5, 5.41) is 3.56. The van der Waals surface area contributed by atoms with Crippen molar-refractivity contribution in [2.24, 2.45) is 0 Å². The minimum absolute atomic E-state index is 0.137. The molecule has 1 aliphatic rings. The number of hydrogen-bond donors (Lipinski definition) is 3. The molecule has 0 aliphatic carbocycles. The molecule has 1 aliphatic heterocycles. The minimum Gasteiger partial charge on any atom is -0.496 e. The van der Waals surface area contributed by atoms with Gasteiger partial charge in [-0.1, -0.05) is 29.8 Å². The maximum Gasteiger partial charge on any atom is 0.251 e. The molecular formula is C18H20ClN3O2. The molecule has 1 amide bonds. The predicted molar refractivity (Wildman–Crippen MR) is 94.4 cm³/mol. The molecular weight excluding hydrogens is 326 g/mol. The number of nitrogens with one attached hydrogen (secondary N) is 3. The van der Waals surface area contributed by atoms with Gasteiger partial charge in [-0.25, -0.2) is 0 Å². The second kappa shape index (κ2) is 7.66. The number of amides is 1. The van der Waals surface area contributed by atoms with E-state index in [0.717, 1.165) is 30.0 Å². The van der Waals surface area contributed by atoms with Crippen LogP contribution < -0.4 is 20.9 Å². The fourth-order valence-corrected chi connectivity index (χ4v) is 3.02. The molecule has 5 nitrogen and oxygen atoms in total. The van der Waals surface area contributed by atoms with Gasteiger partial charge < -0.3 is 10.1 Å². The number of carbonyl (C=O) groups is 1. The SMILES string of the molecule is COc1cc(C(=O)NCc2cccc(Cl)c2)ccc1C1CNNC1.